The van der Waals surface area contributed by atoms with E-state index in [1.54, 1.807) is 33.2 Å². The number of thiophene rings is 1. The third-order valence-electron chi connectivity index (χ3n) is 12.6. The lowest BCUT2D eigenvalue weighted by Gasteiger charge is -2.47. The van der Waals surface area contributed by atoms with E-state index in [1.165, 1.54) is 31.5 Å². The number of oxime groups is 1. The van der Waals surface area contributed by atoms with Gasteiger partial charge in [-0.15, -0.1) is 11.3 Å². The Morgan fingerprint density at radius 3 is 2.42 bits per heavy atom. The van der Waals surface area contributed by atoms with Crippen LogP contribution >= 0.6 is 11.3 Å². The van der Waals surface area contributed by atoms with Gasteiger partial charge in [-0.2, -0.15) is 0 Å². The molecule has 60 heavy (non-hydrogen) atoms. The zero-order valence-corrected chi connectivity index (χ0v) is 37.1. The Balaban J connectivity index is 1.48. The van der Waals surface area contributed by atoms with Crippen LogP contribution in [-0.4, -0.2) is 142 Å². The van der Waals surface area contributed by atoms with Crippen LogP contribution in [0.25, 0.3) is 10.4 Å². The number of aliphatic imine (C=N–C) groups is 1. The number of carbonyl (C=O) groups is 3. The molecule has 1 unspecified atom stereocenters. The van der Waals surface area contributed by atoms with Crippen molar-refractivity contribution < 1.29 is 53.1 Å². The van der Waals surface area contributed by atoms with E-state index in [-0.39, 0.29) is 50.3 Å². The van der Waals surface area contributed by atoms with E-state index in [0.29, 0.717) is 12.1 Å². The monoisotopic (exact) mass is 855 g/mol. The molecule has 17 heteroatoms. The molecule has 1 amide bonds. The Hall–Kier alpha value is -3.55. The number of aliphatic hydroxyl groups excluding tert-OH is 1. The lowest BCUT2D eigenvalue weighted by molar-refractivity contribution is -0.296. The first-order valence-corrected chi connectivity index (χ1v) is 21.7. The average Bonchev–Trinajstić information content (AvgIpc) is 3.67. The molecule has 3 saturated heterocycles. The fourth-order valence-corrected chi connectivity index (χ4v) is 10.2. The van der Waals surface area contributed by atoms with Crippen LogP contribution < -0.4 is 0 Å². The number of aromatic nitrogens is 2. The van der Waals surface area contributed by atoms with Crippen LogP contribution in [0.5, 0.6) is 0 Å². The molecule has 14 atom stereocenters. The number of hydrogen-bond donors (Lipinski definition) is 2. The third kappa shape index (κ3) is 9.73. The Kier molecular flexibility index (Phi) is 14.4. The van der Waals surface area contributed by atoms with Crippen LogP contribution in [0.2, 0.25) is 0 Å². The van der Waals surface area contributed by atoms with Crippen molar-refractivity contribution in [2.45, 2.75) is 141 Å². The van der Waals surface area contributed by atoms with Gasteiger partial charge in [0.2, 0.25) is 6.10 Å². The normalized spacial score (nSPS) is 39.5. The maximum absolute atomic E-state index is 14.5. The van der Waals surface area contributed by atoms with Crippen LogP contribution in [0, 0.1) is 23.7 Å². The zero-order chi connectivity index (χ0) is 43.7. The van der Waals surface area contributed by atoms with E-state index < -0.39 is 89.3 Å². The molecule has 6 rings (SSSR count). The van der Waals surface area contributed by atoms with Crippen LogP contribution in [0.3, 0.4) is 0 Å². The molecule has 4 aliphatic rings. The molecule has 0 aliphatic carbocycles. The molecule has 4 aliphatic heterocycles. The third-order valence-corrected chi connectivity index (χ3v) is 13.7. The summed E-state index contributed by atoms with van der Waals surface area (Å²) in [5, 5.41) is 28.6. The zero-order valence-electron chi connectivity index (χ0n) is 36.3. The highest BCUT2D eigenvalue weighted by Crippen LogP contribution is 2.40. The van der Waals surface area contributed by atoms with Crippen molar-refractivity contribution in [1.29, 1.82) is 0 Å². The van der Waals surface area contributed by atoms with E-state index in [0.717, 1.165) is 15.3 Å². The topological polar surface area (TPSA) is 201 Å². The quantitative estimate of drug-likeness (QED) is 0.299. The summed E-state index contributed by atoms with van der Waals surface area (Å²) in [6.07, 6.45) is -1.07. The molecule has 16 nitrogen and oxygen atoms in total. The van der Waals surface area contributed by atoms with Gasteiger partial charge < -0.3 is 43.6 Å². The van der Waals surface area contributed by atoms with Crippen molar-refractivity contribution in [2.24, 2.45) is 33.8 Å². The van der Waals surface area contributed by atoms with Crippen LogP contribution in [0.4, 0.5) is 0 Å². The lowest BCUT2D eigenvalue weighted by atomic mass is 9.73. The van der Waals surface area contributed by atoms with Crippen molar-refractivity contribution >= 4 is 40.4 Å². The van der Waals surface area contributed by atoms with Gasteiger partial charge in [0.15, 0.2) is 12.1 Å². The highest BCUT2D eigenvalue weighted by molar-refractivity contribution is 7.15. The molecule has 0 spiro atoms. The Labute approximate surface area is 356 Å². The molecule has 3 fully saturated rings. The molecule has 2 aromatic rings. The number of aliphatic hydroxyl groups is 2. The second-order valence-corrected chi connectivity index (χ2v) is 18.7. The number of fused-ring (bicyclic) bond motifs is 4. The minimum atomic E-state index is -1.84. The molecular weight excluding hydrogens is 795 g/mol. The molecule has 4 bridgehead atoms. The van der Waals surface area contributed by atoms with E-state index in [9.17, 15) is 24.6 Å². The van der Waals surface area contributed by atoms with E-state index in [4.69, 9.17) is 33.5 Å². The number of nitrogens with zero attached hydrogens (tertiary/aromatic N) is 5. The lowest BCUT2D eigenvalue weighted by Crippen LogP contribution is -2.60. The molecule has 2 aromatic heterocycles. The first kappa shape index (κ1) is 46.0. The van der Waals surface area contributed by atoms with E-state index >= 15 is 0 Å². The number of esters is 1. The van der Waals surface area contributed by atoms with Crippen molar-refractivity contribution in [1.82, 2.24) is 14.9 Å². The summed E-state index contributed by atoms with van der Waals surface area (Å²) in [7, 11) is 3.74. The predicted octanol–water partition coefficient (Wildman–Crippen LogP) is 4.05. The van der Waals surface area contributed by atoms with Gasteiger partial charge in [0.1, 0.15) is 35.8 Å². The second kappa shape index (κ2) is 18.8. The first-order chi connectivity index (χ1) is 28.3. The Bertz CT molecular complexity index is 1910. The van der Waals surface area contributed by atoms with Gasteiger partial charge in [-0.25, -0.2) is 15.0 Å². The number of hydrogen-bond acceptors (Lipinski definition) is 16. The molecule has 330 valence electrons. The fourth-order valence-electron chi connectivity index (χ4n) is 9.18. The maximum atomic E-state index is 14.5. The van der Waals surface area contributed by atoms with Crippen molar-refractivity contribution in [3.8, 4) is 10.4 Å². The molecular formula is C43H61N5O11S. The standard InChI is InChI=1S/C43H61N5O11S/c1-11-33-43(8,53)38-24(4)34-22(2)16-42(7,37(25(5)35(49)26(6)40(52)57-33)58-41-36(50)30(48(9)10)14-23(3)56-41)55-20-28(19-54-38)47-59-31(39(51)46-34)15-29-12-13-32(60-29)27-17-44-21-45-18-27/h12-13,17-18,21-26,30-31,33,36-38,41,50,53H,11,14-16,19-20H2,1-10H3/b46-34?,47-28-/t22-,23-,24+,25+,26-,30+,31?,33-,36-,37-,38-,41+,42-,43-/m1/s1. The SMILES string of the molecule is CC[C@H]1OC(=O)[C@H](C)C(=O)[C@H](C)[C@@H](O[C@@H]2O[C@H](C)C[C@H](N(C)C)[C@H]2O)[C@@]2(C)C[C@@H](C)C3=NC(=O)C(Cc4ccc(-c5cncnc5)s4)O/N=C(/CO[C@H]([C@H]3C)[C@]1(C)O)CO2. The predicted molar refractivity (Wildman–Crippen MR) is 222 cm³/mol. The summed E-state index contributed by atoms with van der Waals surface area (Å²) in [6, 6.07) is 3.54. The average molecular weight is 856 g/mol. The highest BCUT2D eigenvalue weighted by atomic mass is 32.1. The van der Waals surface area contributed by atoms with Crippen LogP contribution in [0.1, 0.15) is 79.5 Å². The highest BCUT2D eigenvalue weighted by Gasteiger charge is 2.53. The molecule has 6 heterocycles. The molecule has 0 saturated carbocycles. The molecule has 0 aromatic carbocycles. The van der Waals surface area contributed by atoms with Crippen LogP contribution in [-0.2, 0) is 49.3 Å². The summed E-state index contributed by atoms with van der Waals surface area (Å²) >= 11 is 1.47. The van der Waals surface area contributed by atoms with Gasteiger partial charge in [0.25, 0.3) is 5.91 Å². The number of ether oxygens (including phenoxy) is 5. The number of amides is 1. The maximum Gasteiger partial charge on any atom is 0.316 e. The van der Waals surface area contributed by atoms with E-state index in [2.05, 4.69) is 15.1 Å². The smallest absolute Gasteiger partial charge is 0.316 e. The van der Waals surface area contributed by atoms with Crippen LogP contribution in [0.15, 0.2) is 41.0 Å². The van der Waals surface area contributed by atoms with Gasteiger partial charge in [-0.3, -0.25) is 14.4 Å². The largest absolute Gasteiger partial charge is 0.459 e. The molecule has 0 radical (unpaired) electrons. The van der Waals surface area contributed by atoms with Gasteiger partial charge in [0.05, 0.1) is 37.1 Å². The van der Waals surface area contributed by atoms with Crippen molar-refractivity contribution in [2.75, 3.05) is 27.3 Å². The number of Topliss-reactive ketones (excluding diaryl/α,β-unsaturated/α-hetero) is 1. The van der Waals surface area contributed by atoms with Gasteiger partial charge in [-0.05, 0) is 79.1 Å². The van der Waals surface area contributed by atoms with Gasteiger partial charge in [0, 0.05) is 57.7 Å². The number of ketones is 1. The molecule has 2 N–H and O–H groups in total. The summed E-state index contributed by atoms with van der Waals surface area (Å²) in [6.45, 7) is 13.5. The summed E-state index contributed by atoms with van der Waals surface area (Å²) in [5.74, 6) is -5.44. The number of carbonyl (C=O) groups excluding carboxylic acids is 3. The van der Waals surface area contributed by atoms with Crippen molar-refractivity contribution in [3.05, 3.63) is 35.7 Å². The minimum Gasteiger partial charge on any atom is -0.459 e. The van der Waals surface area contributed by atoms with Gasteiger partial charge in [-0.1, -0.05) is 32.9 Å². The van der Waals surface area contributed by atoms with Gasteiger partial charge >= 0.3 is 5.97 Å². The Morgan fingerprint density at radius 2 is 1.73 bits per heavy atom. The fraction of sp³-hybridized carbons (Fsp3) is 0.698. The van der Waals surface area contributed by atoms with E-state index in [1.807, 2.05) is 51.9 Å². The summed E-state index contributed by atoms with van der Waals surface area (Å²) < 4.78 is 32.5. The van der Waals surface area contributed by atoms with Crippen molar-refractivity contribution in [3.63, 3.8) is 0 Å². The summed E-state index contributed by atoms with van der Waals surface area (Å²) in [5.41, 5.74) is -1.74. The Morgan fingerprint density at radius 1 is 1.02 bits per heavy atom. The number of likely N-dealkylation sites (N-methyl/N-ethyl adjacent to an activating group) is 1. The number of rotatable bonds is 7. The first-order valence-electron chi connectivity index (χ1n) is 20.9. The summed E-state index contributed by atoms with van der Waals surface area (Å²) in [4.78, 5) is 65.7. The number of cyclic esters (lactones) is 1. The second-order valence-electron chi connectivity index (χ2n) is 17.6. The minimum absolute atomic E-state index is 0.151.